The molecule has 0 spiro atoms. The zero-order valence-electron chi connectivity index (χ0n) is 42.5. The van der Waals surface area contributed by atoms with Gasteiger partial charge in [-0.15, -0.1) is 0 Å². The van der Waals surface area contributed by atoms with Crippen molar-refractivity contribution in [3.63, 3.8) is 0 Å². The molecule has 8 N–H and O–H groups in total. The van der Waals surface area contributed by atoms with Crippen LogP contribution in [0.3, 0.4) is 0 Å². The van der Waals surface area contributed by atoms with E-state index in [2.05, 4.69) is 46.3 Å². The van der Waals surface area contributed by atoms with Gasteiger partial charge in [0, 0.05) is 37.3 Å². The Bertz CT molecular complexity index is 2620. The number of ether oxygens (including phenoxy) is 6. The Kier molecular flexibility index (Phi) is 20.8. The quantitative estimate of drug-likeness (QED) is 0.0417. The van der Waals surface area contributed by atoms with Crippen molar-refractivity contribution < 1.29 is 77.3 Å². The van der Waals surface area contributed by atoms with Crippen molar-refractivity contribution in [3.8, 4) is 23.0 Å². The average molecular weight is 1040 g/mol. The molecule has 3 aromatic carbocycles. The van der Waals surface area contributed by atoms with Crippen LogP contribution < -0.4 is 45.5 Å². The minimum atomic E-state index is -1.43. The van der Waals surface area contributed by atoms with Crippen LogP contribution in [-0.2, 0) is 25.7 Å². The molecular formula is C52H65N7O16. The Hall–Kier alpha value is -8.31. The summed E-state index contributed by atoms with van der Waals surface area (Å²) in [7, 11) is 2.73. The maximum atomic E-state index is 14.1. The van der Waals surface area contributed by atoms with E-state index in [1.807, 2.05) is 0 Å². The molecule has 3 aromatic rings. The second-order valence-electron chi connectivity index (χ2n) is 17.9. The monoisotopic (exact) mass is 1040 g/mol. The number of alkyl carbamates (subject to hydrolysis) is 1. The minimum absolute atomic E-state index is 0.00136. The summed E-state index contributed by atoms with van der Waals surface area (Å²) in [6.07, 6.45) is -0.780. The molecule has 5 rings (SSSR count). The summed E-state index contributed by atoms with van der Waals surface area (Å²) in [5.74, 6) is -2.01. The number of anilines is 3. The van der Waals surface area contributed by atoms with Gasteiger partial charge in [0.25, 0.3) is 11.8 Å². The highest BCUT2D eigenvalue weighted by Gasteiger charge is 2.35. The van der Waals surface area contributed by atoms with Crippen molar-refractivity contribution in [3.05, 3.63) is 102 Å². The predicted octanol–water partition coefficient (Wildman–Crippen LogP) is 5.30. The van der Waals surface area contributed by atoms with Gasteiger partial charge in [0.05, 0.1) is 75.2 Å². The Balaban J connectivity index is 1.24. The molecule has 23 heteroatoms. The maximum Gasteiger partial charge on any atom is 0.411 e. The number of carboxylic acid groups (broad SMARTS) is 1. The smallest absolute Gasteiger partial charge is 0.411 e. The summed E-state index contributed by atoms with van der Waals surface area (Å²) >= 11 is 0. The number of amides is 7. The lowest BCUT2D eigenvalue weighted by Crippen LogP contribution is -2.53. The summed E-state index contributed by atoms with van der Waals surface area (Å²) in [5, 5.41) is 42.2. The van der Waals surface area contributed by atoms with Gasteiger partial charge in [-0.1, -0.05) is 62.9 Å². The molecule has 23 nitrogen and oxygen atoms in total. The molecule has 75 heavy (non-hydrogen) atoms. The number of benzene rings is 3. The lowest BCUT2D eigenvalue weighted by atomic mass is 10.0. The molecule has 0 aromatic heterocycles. The van der Waals surface area contributed by atoms with Crippen LogP contribution in [0.2, 0.25) is 0 Å². The number of likely N-dealkylation sites (tertiary alicyclic amines) is 2. The zero-order valence-corrected chi connectivity index (χ0v) is 42.5. The zero-order chi connectivity index (χ0) is 54.9. The van der Waals surface area contributed by atoms with E-state index in [9.17, 15) is 48.9 Å². The summed E-state index contributed by atoms with van der Waals surface area (Å²) in [6, 6.07) is 8.76. The fraction of sp³-hybridized carbons (Fsp3) is 0.404. The number of hydrogen-bond donors (Lipinski definition) is 8. The first-order valence-corrected chi connectivity index (χ1v) is 23.9. The molecule has 404 valence electrons. The summed E-state index contributed by atoms with van der Waals surface area (Å²) in [6.45, 7) is 15.8. The normalized spacial score (nSPS) is 15.8. The van der Waals surface area contributed by atoms with Crippen LogP contribution >= 0.6 is 0 Å². The topological polar surface area (TPSA) is 302 Å². The van der Waals surface area contributed by atoms with E-state index < -0.39 is 66.1 Å². The number of nitrogens with zero attached hydrogens (tertiary/aromatic N) is 2. The van der Waals surface area contributed by atoms with Crippen LogP contribution in [0, 0.1) is 5.92 Å². The Labute approximate surface area is 433 Å². The van der Waals surface area contributed by atoms with E-state index >= 15 is 0 Å². The molecule has 2 fully saturated rings. The van der Waals surface area contributed by atoms with Crippen LogP contribution in [0.4, 0.5) is 31.4 Å². The van der Waals surface area contributed by atoms with Gasteiger partial charge >= 0.3 is 18.3 Å². The molecule has 2 aliphatic rings. The molecule has 4 atom stereocenters. The van der Waals surface area contributed by atoms with E-state index in [1.54, 1.807) is 38.1 Å². The van der Waals surface area contributed by atoms with Crippen LogP contribution in [0.15, 0.2) is 85.5 Å². The van der Waals surface area contributed by atoms with E-state index in [-0.39, 0.29) is 111 Å². The number of nitrogens with one attached hydrogen (secondary N) is 5. The fourth-order valence-electron chi connectivity index (χ4n) is 8.07. The summed E-state index contributed by atoms with van der Waals surface area (Å²) < 4.78 is 33.6. The molecule has 2 heterocycles. The van der Waals surface area contributed by atoms with Crippen molar-refractivity contribution in [2.24, 2.45) is 5.92 Å². The highest BCUT2D eigenvalue weighted by Crippen LogP contribution is 2.38. The maximum absolute atomic E-state index is 14.1. The molecule has 0 bridgehead atoms. The second kappa shape index (κ2) is 27.1. The third kappa shape index (κ3) is 15.6. The molecule has 0 radical (unpaired) electrons. The van der Waals surface area contributed by atoms with E-state index in [1.165, 1.54) is 61.3 Å². The summed E-state index contributed by atoms with van der Waals surface area (Å²) in [4.78, 5) is 93.8. The molecule has 2 aliphatic heterocycles. The van der Waals surface area contributed by atoms with Crippen molar-refractivity contribution in [1.82, 2.24) is 20.4 Å². The van der Waals surface area contributed by atoms with Crippen molar-refractivity contribution in [2.45, 2.75) is 70.8 Å². The highest BCUT2D eigenvalue weighted by atomic mass is 16.6. The average Bonchev–Trinajstić information content (AvgIpc) is 3.97. The van der Waals surface area contributed by atoms with Crippen molar-refractivity contribution >= 4 is 59.0 Å². The lowest BCUT2D eigenvalue weighted by Gasteiger charge is -2.25. The SMILES string of the molecule is C=CCOC(=O)NC(C(=O)NC(C)C(=O)Nc1ccc(COC(=O)Nc2cc(OCCCOc3cc(NC(=O)O)c(C(=O)N4CC(=C)CC4CO)cc3OC)c(OC)cc2C(=O)N2CC(=C)CC2CO)cc1)C(C)C. The number of methoxy groups -OCH3 is 2. The van der Waals surface area contributed by atoms with E-state index in [4.69, 9.17) is 28.4 Å². The van der Waals surface area contributed by atoms with Gasteiger partial charge in [0.2, 0.25) is 11.8 Å². The second-order valence-corrected chi connectivity index (χ2v) is 17.9. The van der Waals surface area contributed by atoms with E-state index in [0.717, 1.165) is 11.1 Å². The number of rotatable bonds is 24. The van der Waals surface area contributed by atoms with Crippen molar-refractivity contribution in [2.75, 3.05) is 76.3 Å². The van der Waals surface area contributed by atoms with E-state index in [0.29, 0.717) is 24.1 Å². The third-order valence-electron chi connectivity index (χ3n) is 11.9. The van der Waals surface area contributed by atoms with Crippen LogP contribution in [0.1, 0.15) is 66.3 Å². The van der Waals surface area contributed by atoms with Gasteiger partial charge in [0.15, 0.2) is 23.0 Å². The number of carbonyl (C=O) groups is 7. The molecule has 0 saturated carbocycles. The first-order chi connectivity index (χ1) is 35.8. The largest absolute Gasteiger partial charge is 0.493 e. The predicted molar refractivity (Wildman–Crippen MR) is 274 cm³/mol. The Morgan fingerprint density at radius 1 is 0.693 bits per heavy atom. The van der Waals surface area contributed by atoms with Gasteiger partial charge < -0.3 is 69.5 Å². The molecule has 0 aliphatic carbocycles. The molecule has 4 unspecified atom stereocenters. The van der Waals surface area contributed by atoms with Crippen molar-refractivity contribution in [1.29, 1.82) is 0 Å². The Morgan fingerprint density at radius 2 is 1.21 bits per heavy atom. The molecule has 2 saturated heterocycles. The number of hydrogen-bond acceptors (Lipinski definition) is 15. The number of carbonyl (C=O) groups excluding carboxylic acids is 6. The number of aliphatic hydroxyl groups excluding tert-OH is 2. The van der Waals surface area contributed by atoms with Crippen LogP contribution in [0.25, 0.3) is 0 Å². The molecular weight excluding hydrogens is 979 g/mol. The van der Waals surface area contributed by atoms with Gasteiger partial charge in [-0.25, -0.2) is 14.4 Å². The lowest BCUT2D eigenvalue weighted by molar-refractivity contribution is -0.128. The summed E-state index contributed by atoms with van der Waals surface area (Å²) in [5.41, 5.74) is 2.28. The number of aliphatic hydroxyl groups is 2. The first-order valence-electron chi connectivity index (χ1n) is 23.9. The van der Waals surface area contributed by atoms with Crippen LogP contribution in [-0.4, -0.2) is 152 Å². The standard InChI is InChI=1S/C52H65N7O16/c1-9-15-74-52(69)57-45(29(2)3)47(63)53-32(6)46(62)54-34-13-11-33(12-14-34)28-75-51(68)56-40-23-44(42(71-8)21-38(40)49(65)59-25-31(5)19-36(59)27-61)73-17-10-16-72-43-22-39(55-50(66)67)37(20-41(43)70-7)48(64)58-24-30(4)18-35(58)26-60/h9,11-14,20-23,29,32,35-36,45,55,60-61H,1,4-5,10,15-19,24-28H2,2-3,6-8H3,(H,53,63)(H,54,62)(H,56,68)(H,57,69)(H,66,67). The highest BCUT2D eigenvalue weighted by molar-refractivity contribution is 6.05. The van der Waals surface area contributed by atoms with Gasteiger partial charge in [0.1, 0.15) is 25.3 Å². The van der Waals surface area contributed by atoms with Gasteiger partial charge in [-0.2, -0.15) is 0 Å². The van der Waals surface area contributed by atoms with Gasteiger partial charge in [-0.05, 0) is 55.5 Å². The van der Waals surface area contributed by atoms with Crippen LogP contribution in [0.5, 0.6) is 23.0 Å². The minimum Gasteiger partial charge on any atom is -0.493 e. The fourth-order valence-corrected chi connectivity index (χ4v) is 8.07. The molecule has 7 amide bonds. The third-order valence-corrected chi connectivity index (χ3v) is 11.9. The van der Waals surface area contributed by atoms with Gasteiger partial charge in [-0.3, -0.25) is 29.8 Å². The Morgan fingerprint density at radius 3 is 1.68 bits per heavy atom. The first kappa shape index (κ1) is 57.6.